The lowest BCUT2D eigenvalue weighted by Crippen LogP contribution is -2.11. The van der Waals surface area contributed by atoms with Gasteiger partial charge in [0.25, 0.3) is 5.90 Å². The molecular formula is C16H15NO3. The van der Waals surface area contributed by atoms with Gasteiger partial charge in [0.1, 0.15) is 6.61 Å². The summed E-state index contributed by atoms with van der Waals surface area (Å²) in [6, 6.07) is 18.8. The summed E-state index contributed by atoms with van der Waals surface area (Å²) in [5.74, 6) is -0.273. The predicted octanol–water partition coefficient (Wildman–Crippen LogP) is 3.13. The van der Waals surface area contributed by atoms with E-state index in [4.69, 9.17) is 9.57 Å². The largest absolute Gasteiger partial charge is 0.404 e. The maximum absolute atomic E-state index is 11.1. The zero-order valence-corrected chi connectivity index (χ0v) is 11.2. The fourth-order valence-corrected chi connectivity index (χ4v) is 1.59. The Kier molecular flexibility index (Phi) is 4.89. The zero-order chi connectivity index (χ0) is 14.2. The van der Waals surface area contributed by atoms with Gasteiger partial charge < -0.3 is 9.57 Å². The summed E-state index contributed by atoms with van der Waals surface area (Å²) in [6.45, 7) is 1.65. The Hall–Kier alpha value is -2.62. The molecule has 0 saturated carbocycles. The van der Waals surface area contributed by atoms with Crippen molar-refractivity contribution in [3.8, 4) is 0 Å². The van der Waals surface area contributed by atoms with Crippen LogP contribution in [-0.4, -0.2) is 11.9 Å². The van der Waals surface area contributed by atoms with Crippen LogP contribution in [0.25, 0.3) is 0 Å². The van der Waals surface area contributed by atoms with Crippen molar-refractivity contribution in [1.82, 2.24) is 0 Å². The molecule has 0 aliphatic rings. The number of ether oxygens (including phenoxy) is 1. The molecule has 0 amide bonds. The van der Waals surface area contributed by atoms with Crippen molar-refractivity contribution in [1.29, 1.82) is 0 Å². The van der Waals surface area contributed by atoms with E-state index in [0.717, 1.165) is 5.56 Å². The van der Waals surface area contributed by atoms with E-state index in [1.54, 1.807) is 12.1 Å². The van der Waals surface area contributed by atoms with Crippen molar-refractivity contribution in [2.75, 3.05) is 0 Å². The standard InChI is InChI=1S/C16H15NO3/c1-13(18)20-16(15-10-6-3-7-11-15)17-19-12-14-8-4-2-5-9-14/h2-11H,12H2,1H3/b17-16-. The predicted molar refractivity (Wildman–Crippen MR) is 76.0 cm³/mol. The SMILES string of the molecule is CC(=O)O/C(=N\OCc1ccccc1)c1ccccc1. The quantitative estimate of drug-likeness (QED) is 0.371. The van der Waals surface area contributed by atoms with Crippen molar-refractivity contribution in [2.24, 2.45) is 5.16 Å². The van der Waals surface area contributed by atoms with Gasteiger partial charge in [-0.15, -0.1) is 0 Å². The molecule has 4 heteroatoms. The number of carbonyl (C=O) groups is 1. The highest BCUT2D eigenvalue weighted by Gasteiger charge is 2.08. The van der Waals surface area contributed by atoms with Gasteiger partial charge in [-0.25, -0.2) is 0 Å². The minimum atomic E-state index is -0.434. The second kappa shape index (κ2) is 7.09. The van der Waals surface area contributed by atoms with Gasteiger partial charge in [0, 0.05) is 12.5 Å². The smallest absolute Gasteiger partial charge is 0.309 e. The van der Waals surface area contributed by atoms with Crippen LogP contribution in [0.4, 0.5) is 0 Å². The lowest BCUT2D eigenvalue weighted by Gasteiger charge is -2.06. The van der Waals surface area contributed by atoms with Crippen LogP contribution in [0.15, 0.2) is 65.8 Å². The number of nitrogens with zero attached hydrogens (tertiary/aromatic N) is 1. The van der Waals surface area contributed by atoms with Crippen LogP contribution in [0.5, 0.6) is 0 Å². The molecule has 20 heavy (non-hydrogen) atoms. The topological polar surface area (TPSA) is 47.9 Å². The summed E-state index contributed by atoms with van der Waals surface area (Å²) >= 11 is 0. The molecule has 0 saturated heterocycles. The monoisotopic (exact) mass is 269 g/mol. The lowest BCUT2D eigenvalue weighted by atomic mass is 10.2. The normalized spacial score (nSPS) is 10.9. The Morgan fingerprint density at radius 3 is 2.20 bits per heavy atom. The van der Waals surface area contributed by atoms with Gasteiger partial charge in [-0.3, -0.25) is 4.79 Å². The number of hydrogen-bond acceptors (Lipinski definition) is 4. The summed E-state index contributed by atoms with van der Waals surface area (Å²) in [6.07, 6.45) is 0. The molecule has 102 valence electrons. The minimum Gasteiger partial charge on any atom is -0.404 e. The first-order valence-corrected chi connectivity index (χ1v) is 6.23. The number of rotatable bonds is 4. The maximum Gasteiger partial charge on any atom is 0.309 e. The van der Waals surface area contributed by atoms with Crippen LogP contribution < -0.4 is 0 Å². The summed E-state index contributed by atoms with van der Waals surface area (Å²) in [5, 5.41) is 3.90. The molecule has 0 fully saturated rings. The van der Waals surface area contributed by atoms with E-state index in [1.807, 2.05) is 48.5 Å². The average Bonchev–Trinajstić information content (AvgIpc) is 2.48. The first kappa shape index (κ1) is 13.8. The van der Waals surface area contributed by atoms with Crippen molar-refractivity contribution >= 4 is 11.9 Å². The van der Waals surface area contributed by atoms with Crippen molar-refractivity contribution in [2.45, 2.75) is 13.5 Å². The third kappa shape index (κ3) is 4.24. The molecule has 0 N–H and O–H groups in total. The third-order valence-electron chi connectivity index (χ3n) is 2.48. The molecule has 0 bridgehead atoms. The molecule has 2 aromatic carbocycles. The molecule has 0 aliphatic heterocycles. The van der Waals surface area contributed by atoms with Crippen LogP contribution in [0.3, 0.4) is 0 Å². The minimum absolute atomic E-state index is 0.161. The van der Waals surface area contributed by atoms with Crippen LogP contribution in [0.2, 0.25) is 0 Å². The van der Waals surface area contributed by atoms with E-state index in [2.05, 4.69) is 5.16 Å². The first-order chi connectivity index (χ1) is 9.75. The van der Waals surface area contributed by atoms with Crippen molar-refractivity contribution in [3.05, 3.63) is 71.8 Å². The second-order valence-electron chi connectivity index (χ2n) is 4.12. The van der Waals surface area contributed by atoms with Crippen molar-refractivity contribution in [3.63, 3.8) is 0 Å². The van der Waals surface area contributed by atoms with Crippen LogP contribution in [0, 0.1) is 0 Å². The van der Waals surface area contributed by atoms with E-state index in [1.165, 1.54) is 6.92 Å². The van der Waals surface area contributed by atoms with Gasteiger partial charge in [0.15, 0.2) is 0 Å². The number of esters is 1. The molecule has 0 heterocycles. The summed E-state index contributed by atoms with van der Waals surface area (Å²) in [5.41, 5.74) is 1.68. The van der Waals surface area contributed by atoms with Crippen LogP contribution in [-0.2, 0) is 21.0 Å². The molecule has 0 radical (unpaired) electrons. The van der Waals surface area contributed by atoms with E-state index in [9.17, 15) is 4.79 Å². The molecule has 0 spiro atoms. The van der Waals surface area contributed by atoms with Gasteiger partial charge in [-0.05, 0) is 22.9 Å². The van der Waals surface area contributed by atoms with Crippen molar-refractivity contribution < 1.29 is 14.4 Å². The number of hydrogen-bond donors (Lipinski definition) is 0. The molecule has 4 nitrogen and oxygen atoms in total. The Labute approximate surface area is 117 Å². The van der Waals surface area contributed by atoms with E-state index in [0.29, 0.717) is 12.2 Å². The Morgan fingerprint density at radius 1 is 1.00 bits per heavy atom. The highest BCUT2D eigenvalue weighted by atomic mass is 16.7. The van der Waals surface area contributed by atoms with E-state index in [-0.39, 0.29) is 5.90 Å². The Balaban J connectivity index is 2.07. The Morgan fingerprint density at radius 2 is 1.60 bits per heavy atom. The molecule has 0 aliphatic carbocycles. The fourth-order valence-electron chi connectivity index (χ4n) is 1.59. The summed E-state index contributed by atoms with van der Waals surface area (Å²) < 4.78 is 5.06. The summed E-state index contributed by atoms with van der Waals surface area (Å²) in [7, 11) is 0. The highest BCUT2D eigenvalue weighted by Crippen LogP contribution is 2.06. The summed E-state index contributed by atoms with van der Waals surface area (Å²) in [4.78, 5) is 16.3. The zero-order valence-electron chi connectivity index (χ0n) is 11.2. The average molecular weight is 269 g/mol. The van der Waals surface area contributed by atoms with Crippen LogP contribution in [0.1, 0.15) is 18.1 Å². The Bertz CT molecular complexity index is 579. The van der Waals surface area contributed by atoms with E-state index < -0.39 is 5.97 Å². The first-order valence-electron chi connectivity index (χ1n) is 6.23. The van der Waals surface area contributed by atoms with Gasteiger partial charge in [-0.2, -0.15) is 0 Å². The number of oxime groups is 1. The second-order valence-corrected chi connectivity index (χ2v) is 4.12. The van der Waals surface area contributed by atoms with Gasteiger partial charge in [0.2, 0.25) is 0 Å². The number of carbonyl (C=O) groups excluding carboxylic acids is 1. The van der Waals surface area contributed by atoms with Gasteiger partial charge >= 0.3 is 5.97 Å². The maximum atomic E-state index is 11.1. The molecule has 0 unspecified atom stereocenters. The molecular weight excluding hydrogens is 254 g/mol. The number of benzene rings is 2. The highest BCUT2D eigenvalue weighted by molar-refractivity contribution is 5.99. The molecule has 0 atom stereocenters. The van der Waals surface area contributed by atoms with Gasteiger partial charge in [-0.1, -0.05) is 48.5 Å². The molecule has 0 aromatic heterocycles. The van der Waals surface area contributed by atoms with Gasteiger partial charge in [0.05, 0.1) is 0 Å². The third-order valence-corrected chi connectivity index (χ3v) is 2.48. The van der Waals surface area contributed by atoms with Crippen LogP contribution >= 0.6 is 0 Å². The molecule has 2 aromatic rings. The molecule has 2 rings (SSSR count). The lowest BCUT2D eigenvalue weighted by molar-refractivity contribution is -0.133. The van der Waals surface area contributed by atoms with E-state index >= 15 is 0 Å². The fraction of sp³-hybridized carbons (Fsp3) is 0.125.